The van der Waals surface area contributed by atoms with Gasteiger partial charge in [-0.3, -0.25) is 8.42 Å². The van der Waals surface area contributed by atoms with E-state index in [0.717, 1.165) is 0 Å². The Morgan fingerprint density at radius 3 is 1.26 bits per heavy atom. The Labute approximate surface area is 106 Å². The predicted octanol–water partition coefficient (Wildman–Crippen LogP) is -3.37. The molecule has 14 nitrogen and oxygen atoms in total. The fourth-order valence-corrected chi connectivity index (χ4v) is 0.735. The van der Waals surface area contributed by atoms with Crippen LogP contribution in [-0.2, 0) is 33.4 Å². The largest absolute Gasteiger partial charge is 0.786 e. The molecule has 0 saturated carbocycles. The highest BCUT2D eigenvalue weighted by molar-refractivity contribution is 7.79. The topological polar surface area (TPSA) is 261 Å². The minimum absolute atomic E-state index is 0. The van der Waals surface area contributed by atoms with Crippen molar-refractivity contribution < 1.29 is 55.2 Å². The average Bonchev–Trinajstić information content (AvgIpc) is 2.00. The summed E-state index contributed by atoms with van der Waals surface area (Å²) in [5.74, 6) is 0. The van der Waals surface area contributed by atoms with Crippen molar-refractivity contribution in [1.82, 2.24) is 0 Å². The number of hydrogen-bond donors (Lipinski definition) is 0. The van der Waals surface area contributed by atoms with E-state index in [2.05, 4.69) is 4.31 Å². The van der Waals surface area contributed by atoms with E-state index in [-0.39, 0.29) is 13.6 Å². The van der Waals surface area contributed by atoms with Crippen LogP contribution in [0.2, 0.25) is 0 Å². The summed E-state index contributed by atoms with van der Waals surface area (Å²) in [6.07, 6.45) is 0.250. The summed E-state index contributed by atoms with van der Waals surface area (Å²) in [4.78, 5) is 58.1. The molecule has 0 spiro atoms. The molecule has 0 amide bonds. The Bertz CT molecular complexity index is 376. The van der Waals surface area contributed by atoms with Crippen molar-refractivity contribution in [2.45, 2.75) is 7.43 Å². The van der Waals surface area contributed by atoms with Gasteiger partial charge in [-0.1, -0.05) is 7.43 Å². The fourth-order valence-electron chi connectivity index (χ4n) is 0.0816. The maximum atomic E-state index is 9.31. The molecular weight excluding hydrogens is 342 g/mol. The van der Waals surface area contributed by atoms with Crippen LogP contribution in [0.5, 0.6) is 0 Å². The number of hydrogen-bond acceptors (Lipinski definition) is 14. The summed E-state index contributed by atoms with van der Waals surface area (Å²) in [5.41, 5.74) is 0. The maximum absolute atomic E-state index is 9.31. The van der Waals surface area contributed by atoms with Gasteiger partial charge in [-0.2, -0.15) is 9.59 Å². The van der Waals surface area contributed by atoms with Crippen molar-refractivity contribution >= 4 is 32.6 Å². The van der Waals surface area contributed by atoms with Crippen molar-refractivity contribution in [1.29, 1.82) is 0 Å². The third-order valence-corrected chi connectivity index (χ3v) is 1.50. The van der Waals surface area contributed by atoms with Crippen LogP contribution in [0.4, 0.5) is 0 Å². The Balaban J connectivity index is -0.0000000516. The van der Waals surface area contributed by atoms with Crippen molar-refractivity contribution in [2.75, 3.05) is 0 Å². The highest BCUT2D eigenvalue weighted by Crippen LogP contribution is 2.35. The van der Waals surface area contributed by atoms with Crippen LogP contribution in [0.15, 0.2) is 0 Å². The van der Waals surface area contributed by atoms with E-state index in [1.165, 1.54) is 0 Å². The zero-order chi connectivity index (χ0) is 16.0. The van der Waals surface area contributed by atoms with Crippen LogP contribution in [0.25, 0.3) is 0 Å². The number of rotatable bonds is 2. The second-order valence-corrected chi connectivity index (χ2v) is 4.06. The molecule has 0 aromatic carbocycles. The van der Waals surface area contributed by atoms with Crippen LogP contribution < -0.4 is 14.7 Å². The summed E-state index contributed by atoms with van der Waals surface area (Å²) in [5, 5.41) is 0. The summed E-state index contributed by atoms with van der Waals surface area (Å²) in [6, 6.07) is 0. The Kier molecular flexibility index (Phi) is 27.6. The lowest BCUT2D eigenvalue weighted by Gasteiger charge is -2.20. The lowest BCUT2D eigenvalue weighted by atomic mass is 11.8. The van der Waals surface area contributed by atoms with Crippen molar-refractivity contribution in [3.05, 3.63) is 9.93 Å². The molecule has 1 unspecified atom stereocenters. The molecule has 0 radical (unpaired) electrons. The van der Waals surface area contributed by atoms with E-state index in [0.29, 0.717) is 0 Å². The normalized spacial score (nSPS) is 9.42. The summed E-state index contributed by atoms with van der Waals surface area (Å²) in [7, 11) is -14.1. The molecule has 0 heterocycles. The smallest absolute Gasteiger partial charge is 0.492 e. The quantitative estimate of drug-likeness (QED) is 0.268. The Morgan fingerprint density at radius 2 is 1.26 bits per heavy atom. The van der Waals surface area contributed by atoms with Crippen LogP contribution in [0.1, 0.15) is 7.43 Å². The summed E-state index contributed by atoms with van der Waals surface area (Å²) < 4.78 is 55.5. The predicted molar refractivity (Wildman–Crippen MR) is 45.2 cm³/mol. The summed E-state index contributed by atoms with van der Waals surface area (Å²) >= 11 is 0. The second-order valence-electron chi connectivity index (χ2n) is 1.24. The fraction of sp³-hybridized carbons (Fsp3) is 0.500. The van der Waals surface area contributed by atoms with Crippen LogP contribution >= 0.6 is 16.1 Å². The first-order chi connectivity index (χ1) is 7.83. The molecule has 0 bridgehead atoms. The molecule has 0 aliphatic heterocycles. The first-order valence-corrected chi connectivity index (χ1v) is 6.41. The van der Waals surface area contributed by atoms with E-state index in [9.17, 15) is 23.8 Å². The van der Waals surface area contributed by atoms with Gasteiger partial charge in [0, 0.05) is 20.3 Å². The first kappa shape index (κ1) is 30.8. The zero-order valence-electron chi connectivity index (χ0n) is 7.52. The van der Waals surface area contributed by atoms with Crippen molar-refractivity contribution in [3.8, 4) is 0 Å². The highest BCUT2D eigenvalue weighted by atomic mass is 32.3. The van der Waals surface area contributed by atoms with E-state index < -0.39 is 26.5 Å². The van der Waals surface area contributed by atoms with Gasteiger partial charge in [0.2, 0.25) is 0 Å². The van der Waals surface area contributed by atoms with Crippen LogP contribution in [0.3, 0.4) is 0 Å². The standard InChI is InChI=1S/CO2.CH4.H2O6P2.H2O4S.O2/c2-1-3;;1-7(2)6-8(3,4)5;1-5(2,3)4;1-2/h;1H4;(H2,3,4,5);(H2,1,2,3,4);/p-4. The van der Waals surface area contributed by atoms with Gasteiger partial charge in [0.1, 0.15) is 7.82 Å². The molecule has 0 aliphatic rings. The Hall–Kier alpha value is -0.980. The summed E-state index contributed by atoms with van der Waals surface area (Å²) in [6.45, 7) is 0. The second kappa shape index (κ2) is 17.0. The number of carbonyl (C=O) groups excluding carboxylic acids is 2. The molecule has 0 aromatic rings. The molecule has 0 fully saturated rings. The van der Waals surface area contributed by atoms with Gasteiger partial charge in [0.05, 0.1) is 0 Å². The van der Waals surface area contributed by atoms with Gasteiger partial charge < -0.3 is 28.4 Å². The molecule has 1 atom stereocenters. The van der Waals surface area contributed by atoms with Gasteiger partial charge in [-0.25, -0.2) is 0 Å². The molecule has 0 saturated heterocycles. The first-order valence-electron chi connectivity index (χ1n) is 2.52. The molecule has 0 N–H and O–H groups in total. The van der Waals surface area contributed by atoms with Crippen molar-refractivity contribution in [2.24, 2.45) is 0 Å². The Morgan fingerprint density at radius 1 is 1.11 bits per heavy atom. The maximum Gasteiger partial charge on any atom is 0.492 e. The molecule has 0 aromatic heterocycles. The third kappa shape index (κ3) is 238. The van der Waals surface area contributed by atoms with E-state index in [1.807, 2.05) is 0 Å². The lowest BCUT2D eigenvalue weighted by molar-refractivity contribution is -0.336. The molecule has 19 heavy (non-hydrogen) atoms. The minimum atomic E-state index is -5.32. The molecule has 116 valence electrons. The molecule has 0 aliphatic carbocycles. The SMILES string of the molecule is C.O=C=O.O=O.O=S(=O)([O-])[O-].O=[P+]([O-])OP(=O)([O-])[O-]. The van der Waals surface area contributed by atoms with Crippen LogP contribution in [-0.4, -0.2) is 23.7 Å². The monoisotopic (exact) mass is 346 g/mol. The lowest BCUT2D eigenvalue weighted by Crippen LogP contribution is -2.14. The van der Waals surface area contributed by atoms with E-state index in [1.54, 1.807) is 0 Å². The van der Waals surface area contributed by atoms with Crippen molar-refractivity contribution in [3.63, 3.8) is 0 Å². The van der Waals surface area contributed by atoms with Crippen LogP contribution in [0, 0.1) is 9.93 Å². The van der Waals surface area contributed by atoms with Gasteiger partial charge in [0.15, 0.2) is 0 Å². The van der Waals surface area contributed by atoms with Gasteiger partial charge in [-0.15, -0.1) is 4.31 Å². The van der Waals surface area contributed by atoms with E-state index in [4.69, 9.17) is 37.0 Å². The zero-order valence-corrected chi connectivity index (χ0v) is 10.1. The van der Waals surface area contributed by atoms with E-state index >= 15 is 0 Å². The third-order valence-electron chi connectivity index (χ3n) is 0.167. The number of phosphoric acid groups is 1. The highest BCUT2D eigenvalue weighted by Gasteiger charge is 2.02. The van der Waals surface area contributed by atoms with Gasteiger partial charge in [0.25, 0.3) is 0 Å². The molecule has 17 heteroatoms. The molecular formula is C2H4O14P2S-4. The average molecular weight is 346 g/mol. The minimum Gasteiger partial charge on any atom is -0.786 e. The van der Waals surface area contributed by atoms with Gasteiger partial charge in [-0.05, 0) is 4.57 Å². The van der Waals surface area contributed by atoms with Gasteiger partial charge >= 0.3 is 14.4 Å². The molecule has 0 rings (SSSR count).